The summed E-state index contributed by atoms with van der Waals surface area (Å²) in [4.78, 5) is 24.5. The summed E-state index contributed by atoms with van der Waals surface area (Å²) in [5.74, 6) is -0.639. The van der Waals surface area contributed by atoms with Crippen molar-refractivity contribution in [3.05, 3.63) is 109 Å². The third-order valence-electron chi connectivity index (χ3n) is 13.1. The van der Waals surface area contributed by atoms with Crippen molar-refractivity contribution in [2.45, 2.75) is 290 Å². The van der Waals surface area contributed by atoms with Crippen molar-refractivity contribution in [2.24, 2.45) is 0 Å². The molecule has 0 saturated heterocycles. The Morgan fingerprint density at radius 2 is 0.597 bits per heavy atom. The highest BCUT2D eigenvalue weighted by Gasteiger charge is 2.16. The van der Waals surface area contributed by atoms with Gasteiger partial charge in [-0.1, -0.05) is 277 Å². The Bertz CT molecular complexity index is 1410. The second kappa shape index (κ2) is 61.9. The molecular formula is C67H114O5. The van der Waals surface area contributed by atoms with E-state index in [1.165, 1.54) is 167 Å². The SMILES string of the molecule is CC/C=C\C/C=C\C/C=C\C/C=C\C/C=C\C/C=C\C/C=C\C/C=C\CCCCC(=O)OC(CO)COC(=O)CCCCCCCCCCCCCCCCCCCCC/C=C\CCCCCCCCCC. The molecule has 5 nitrogen and oxygen atoms in total. The first-order valence-corrected chi connectivity index (χ1v) is 30.4. The fourth-order valence-corrected chi connectivity index (χ4v) is 8.51. The standard InChI is InChI=1S/C67H114O5/c1-3-5-7-9-11-13-15-17-19-21-23-25-27-29-31-32-33-34-36-37-39-41-43-45-47-49-51-53-55-57-59-61-66(69)71-64-65(63-68)72-67(70)62-60-58-56-54-52-50-48-46-44-42-40-38-35-30-28-26-24-22-20-18-16-14-12-10-8-6-4-2/h6,8,12,14,18,20-21,23-24,26,30,35,40,42,46,48,52,54,65,68H,3-5,7,9-11,13,15-17,19,22,25,27-29,31-34,36-39,41,43-45,47,49-51,53,55-64H2,1-2H3/b8-6-,14-12-,20-18-,23-21-,26-24-,35-30-,42-40-,48-46-,54-52-. The normalized spacial score (nSPS) is 13.0. The first-order chi connectivity index (χ1) is 35.6. The van der Waals surface area contributed by atoms with Gasteiger partial charge in [-0.2, -0.15) is 0 Å². The summed E-state index contributed by atoms with van der Waals surface area (Å²) < 4.78 is 10.7. The predicted molar refractivity (Wildman–Crippen MR) is 315 cm³/mol. The molecule has 0 spiro atoms. The van der Waals surface area contributed by atoms with E-state index in [-0.39, 0.29) is 25.2 Å². The lowest BCUT2D eigenvalue weighted by atomic mass is 10.0. The van der Waals surface area contributed by atoms with E-state index in [1.807, 2.05) is 0 Å². The molecule has 0 aromatic rings. The Morgan fingerprint density at radius 1 is 0.333 bits per heavy atom. The molecule has 0 rings (SSSR count). The first-order valence-electron chi connectivity index (χ1n) is 30.4. The molecule has 0 amide bonds. The highest BCUT2D eigenvalue weighted by atomic mass is 16.6. The molecule has 0 bridgehead atoms. The maximum atomic E-state index is 12.3. The summed E-state index contributed by atoms with van der Waals surface area (Å²) >= 11 is 0. The molecule has 1 unspecified atom stereocenters. The molecule has 0 aliphatic heterocycles. The van der Waals surface area contributed by atoms with E-state index in [0.29, 0.717) is 12.8 Å². The number of esters is 2. The van der Waals surface area contributed by atoms with Gasteiger partial charge in [-0.05, 0) is 103 Å². The maximum Gasteiger partial charge on any atom is 0.306 e. The van der Waals surface area contributed by atoms with Crippen LogP contribution in [0.15, 0.2) is 109 Å². The van der Waals surface area contributed by atoms with Crippen molar-refractivity contribution in [1.29, 1.82) is 0 Å². The van der Waals surface area contributed by atoms with E-state index in [4.69, 9.17) is 9.47 Å². The maximum absolute atomic E-state index is 12.3. The zero-order chi connectivity index (χ0) is 52.0. The zero-order valence-corrected chi connectivity index (χ0v) is 47.2. The number of hydrogen-bond acceptors (Lipinski definition) is 5. The Hall–Kier alpha value is -3.44. The highest BCUT2D eigenvalue weighted by Crippen LogP contribution is 2.16. The van der Waals surface area contributed by atoms with Crippen LogP contribution in [0.5, 0.6) is 0 Å². The van der Waals surface area contributed by atoms with Crippen LogP contribution in [-0.4, -0.2) is 36.4 Å². The van der Waals surface area contributed by atoms with E-state index in [1.54, 1.807) is 0 Å². The predicted octanol–water partition coefficient (Wildman–Crippen LogP) is 20.9. The third kappa shape index (κ3) is 59.1. The molecule has 0 aliphatic rings. The van der Waals surface area contributed by atoms with E-state index in [0.717, 1.165) is 89.9 Å². The summed E-state index contributed by atoms with van der Waals surface area (Å²) in [5, 5.41) is 9.66. The van der Waals surface area contributed by atoms with E-state index in [9.17, 15) is 14.7 Å². The summed E-state index contributed by atoms with van der Waals surface area (Å²) in [6, 6.07) is 0. The first kappa shape index (κ1) is 68.6. The van der Waals surface area contributed by atoms with E-state index < -0.39 is 6.10 Å². The van der Waals surface area contributed by atoms with Crippen molar-refractivity contribution < 1.29 is 24.2 Å². The summed E-state index contributed by atoms with van der Waals surface area (Å²) in [6.45, 7) is 4.01. The molecule has 0 aliphatic carbocycles. The molecule has 0 radical (unpaired) electrons. The van der Waals surface area contributed by atoms with Gasteiger partial charge in [0.05, 0.1) is 6.61 Å². The number of allylic oxidation sites excluding steroid dienone is 18. The Morgan fingerprint density at radius 3 is 0.944 bits per heavy atom. The number of rotatable bonds is 55. The average Bonchev–Trinajstić information content (AvgIpc) is 3.38. The fourth-order valence-electron chi connectivity index (χ4n) is 8.51. The van der Waals surface area contributed by atoms with Crippen LogP contribution in [0, 0.1) is 0 Å². The Labute approximate surface area is 446 Å². The molecule has 1 atom stereocenters. The number of unbranched alkanes of at least 4 members (excludes halogenated alkanes) is 29. The van der Waals surface area contributed by atoms with Gasteiger partial charge in [0.25, 0.3) is 0 Å². The summed E-state index contributed by atoms with van der Waals surface area (Å²) in [5.41, 5.74) is 0. The number of aliphatic hydroxyl groups is 1. The van der Waals surface area contributed by atoms with Crippen LogP contribution in [0.4, 0.5) is 0 Å². The van der Waals surface area contributed by atoms with E-state index in [2.05, 4.69) is 123 Å². The van der Waals surface area contributed by atoms with Crippen LogP contribution in [0.1, 0.15) is 284 Å². The lowest BCUT2D eigenvalue weighted by Crippen LogP contribution is -2.28. The van der Waals surface area contributed by atoms with E-state index >= 15 is 0 Å². The van der Waals surface area contributed by atoms with Gasteiger partial charge in [0.2, 0.25) is 0 Å². The van der Waals surface area contributed by atoms with Crippen LogP contribution in [-0.2, 0) is 19.1 Å². The molecule has 412 valence electrons. The van der Waals surface area contributed by atoms with Gasteiger partial charge < -0.3 is 14.6 Å². The second-order valence-electron chi connectivity index (χ2n) is 20.0. The van der Waals surface area contributed by atoms with Gasteiger partial charge in [-0.25, -0.2) is 0 Å². The molecule has 5 heteroatoms. The van der Waals surface area contributed by atoms with Crippen molar-refractivity contribution in [2.75, 3.05) is 13.2 Å². The van der Waals surface area contributed by atoms with Crippen molar-refractivity contribution in [3.63, 3.8) is 0 Å². The van der Waals surface area contributed by atoms with Gasteiger partial charge in [0, 0.05) is 12.8 Å². The zero-order valence-electron chi connectivity index (χ0n) is 47.2. The van der Waals surface area contributed by atoms with Crippen LogP contribution in [0.2, 0.25) is 0 Å². The smallest absolute Gasteiger partial charge is 0.306 e. The topological polar surface area (TPSA) is 72.8 Å². The molecule has 0 fully saturated rings. The average molecular weight is 1000 g/mol. The van der Waals surface area contributed by atoms with Crippen molar-refractivity contribution in [1.82, 2.24) is 0 Å². The minimum absolute atomic E-state index is 0.0878. The number of carbonyl (C=O) groups excluding carboxylic acids is 2. The lowest BCUT2D eigenvalue weighted by molar-refractivity contribution is -0.161. The van der Waals surface area contributed by atoms with Crippen molar-refractivity contribution in [3.8, 4) is 0 Å². The molecular weight excluding hydrogens is 885 g/mol. The number of hydrogen-bond donors (Lipinski definition) is 1. The van der Waals surface area contributed by atoms with Crippen LogP contribution >= 0.6 is 0 Å². The molecule has 1 N–H and O–H groups in total. The molecule has 0 aromatic carbocycles. The lowest BCUT2D eigenvalue weighted by Gasteiger charge is -2.15. The largest absolute Gasteiger partial charge is 0.462 e. The Balaban J connectivity index is 3.55. The van der Waals surface area contributed by atoms with Crippen LogP contribution in [0.25, 0.3) is 0 Å². The third-order valence-corrected chi connectivity index (χ3v) is 13.1. The minimum atomic E-state index is -0.803. The van der Waals surface area contributed by atoms with Gasteiger partial charge in [0.1, 0.15) is 6.61 Å². The second-order valence-corrected chi connectivity index (χ2v) is 20.0. The summed E-state index contributed by atoms with van der Waals surface area (Å²) in [6.07, 6.45) is 89.4. The number of aliphatic hydroxyl groups excluding tert-OH is 1. The molecule has 72 heavy (non-hydrogen) atoms. The van der Waals surface area contributed by atoms with Crippen LogP contribution in [0.3, 0.4) is 0 Å². The monoisotopic (exact) mass is 999 g/mol. The molecule has 0 heterocycles. The Kier molecular flexibility index (Phi) is 58.9. The van der Waals surface area contributed by atoms with Gasteiger partial charge in [0.15, 0.2) is 6.10 Å². The van der Waals surface area contributed by atoms with Crippen molar-refractivity contribution >= 4 is 11.9 Å². The van der Waals surface area contributed by atoms with Gasteiger partial charge in [-0.3, -0.25) is 9.59 Å². The number of ether oxygens (including phenoxy) is 2. The van der Waals surface area contributed by atoms with Crippen LogP contribution < -0.4 is 0 Å². The fraction of sp³-hybridized carbons (Fsp3) is 0.701. The minimum Gasteiger partial charge on any atom is -0.462 e. The quantitative estimate of drug-likeness (QED) is 0.0373. The van der Waals surface area contributed by atoms with Gasteiger partial charge in [-0.15, -0.1) is 0 Å². The summed E-state index contributed by atoms with van der Waals surface area (Å²) in [7, 11) is 0. The highest BCUT2D eigenvalue weighted by molar-refractivity contribution is 5.70. The van der Waals surface area contributed by atoms with Gasteiger partial charge >= 0.3 is 11.9 Å². The molecule has 0 saturated carbocycles. The molecule has 0 aromatic heterocycles. The number of carbonyl (C=O) groups is 2.